The fourth-order valence-electron chi connectivity index (χ4n) is 4.48. The van der Waals surface area contributed by atoms with Crippen molar-refractivity contribution in [3.63, 3.8) is 0 Å². The number of amides is 2. The zero-order chi connectivity index (χ0) is 31.8. The van der Waals surface area contributed by atoms with Gasteiger partial charge in [-0.25, -0.2) is 14.4 Å². The van der Waals surface area contributed by atoms with Gasteiger partial charge in [0.1, 0.15) is 11.4 Å². The summed E-state index contributed by atoms with van der Waals surface area (Å²) in [5.41, 5.74) is 0.577. The number of nitrogens with one attached hydrogen (secondary N) is 1. The van der Waals surface area contributed by atoms with Gasteiger partial charge in [-0.3, -0.25) is 10.1 Å². The van der Waals surface area contributed by atoms with Crippen LogP contribution in [0.15, 0.2) is 46.9 Å². The Kier molecular flexibility index (Phi) is 11.4. The molecule has 15 heteroatoms. The molecule has 2 heterocycles. The minimum atomic E-state index is -0.598. The van der Waals surface area contributed by atoms with E-state index in [-0.39, 0.29) is 46.2 Å². The minimum absolute atomic E-state index is 0.0478. The minimum Gasteiger partial charge on any atom is -0.493 e. The molecule has 44 heavy (non-hydrogen) atoms. The smallest absolute Gasteiger partial charge is 0.351 e. The van der Waals surface area contributed by atoms with Gasteiger partial charge in [-0.2, -0.15) is 0 Å². The number of thiophene rings is 1. The summed E-state index contributed by atoms with van der Waals surface area (Å²) in [6.45, 7) is 2.87. The van der Waals surface area contributed by atoms with Crippen LogP contribution in [0.25, 0.3) is 10.4 Å². The Morgan fingerprint density at radius 2 is 1.91 bits per heavy atom. The van der Waals surface area contributed by atoms with Gasteiger partial charge in [-0.1, -0.05) is 23.7 Å². The maximum atomic E-state index is 12.8. The van der Waals surface area contributed by atoms with Crippen LogP contribution in [0.5, 0.6) is 11.5 Å². The van der Waals surface area contributed by atoms with Crippen LogP contribution in [-0.2, 0) is 14.3 Å². The molecule has 1 aliphatic rings. The first-order chi connectivity index (χ1) is 21.1. The molecule has 0 saturated carbocycles. The highest BCUT2D eigenvalue weighted by Crippen LogP contribution is 2.46. The number of hydrogen-bond donors (Lipinski definition) is 1. The third-order valence-corrected chi connectivity index (χ3v) is 9.15. The summed E-state index contributed by atoms with van der Waals surface area (Å²) < 4.78 is 22.1. The second-order valence-electron chi connectivity index (χ2n) is 9.61. The Morgan fingerprint density at radius 3 is 2.59 bits per heavy atom. The molecule has 1 N–H and O–H groups in total. The molecule has 1 aliphatic heterocycles. The zero-order valence-electron chi connectivity index (χ0n) is 23.8. The van der Waals surface area contributed by atoms with Crippen molar-refractivity contribution in [3.8, 4) is 21.9 Å². The van der Waals surface area contributed by atoms with Crippen LogP contribution >= 0.6 is 38.9 Å². The molecule has 12 nitrogen and oxygen atoms in total. The molecular weight excluding hydrogens is 682 g/mol. The number of halogens is 2. The molecule has 0 bridgehead atoms. The van der Waals surface area contributed by atoms with Crippen molar-refractivity contribution < 1.29 is 38.3 Å². The summed E-state index contributed by atoms with van der Waals surface area (Å²) in [4.78, 5) is 50.3. The van der Waals surface area contributed by atoms with E-state index in [0.717, 1.165) is 16.9 Å². The van der Waals surface area contributed by atoms with Crippen LogP contribution in [-0.4, -0.2) is 67.8 Å². The fraction of sp³-hybridized carbons (Fsp3) is 0.345. The number of carbonyl (C=O) groups is 3. The number of nitro benzene ring substituents is 1. The third kappa shape index (κ3) is 8.18. The first-order valence-corrected chi connectivity index (χ1v) is 15.5. The molecule has 1 aromatic heterocycles. The number of likely N-dealkylation sites (tertiary alicyclic amines) is 1. The van der Waals surface area contributed by atoms with Crippen molar-refractivity contribution in [2.45, 2.75) is 19.8 Å². The summed E-state index contributed by atoms with van der Waals surface area (Å²) in [5.74, 6) is -0.165. The normalized spacial score (nSPS) is 13.2. The molecule has 234 valence electrons. The van der Waals surface area contributed by atoms with E-state index >= 15 is 0 Å². The molecule has 2 amide bonds. The standard InChI is InChI=1S/C29H29BrClN3O9S/c1-3-41-23(35)16-43-25-24(30)26(44-27(25)28(36)40-2)18-5-4-6-20(13-18)42-15-17-9-11-33(12-10-17)29(37)32-21-14-19(31)7-8-22(21)34(38)39/h4-8,13-14,17H,3,9-12,15-16H2,1-2H3,(H,32,37). The number of rotatable bonds is 11. The predicted octanol–water partition coefficient (Wildman–Crippen LogP) is 6.79. The second-order valence-corrected chi connectivity index (χ2v) is 11.9. The average Bonchev–Trinajstić information content (AvgIpc) is 3.34. The number of ether oxygens (including phenoxy) is 4. The Balaban J connectivity index is 1.36. The number of nitro groups is 1. The molecule has 1 fully saturated rings. The zero-order valence-corrected chi connectivity index (χ0v) is 27.0. The number of methoxy groups -OCH3 is 1. The molecule has 0 aliphatic carbocycles. The molecule has 0 radical (unpaired) electrons. The Hall–Kier alpha value is -3.88. The summed E-state index contributed by atoms with van der Waals surface area (Å²) >= 11 is 10.6. The van der Waals surface area contributed by atoms with Crippen molar-refractivity contribution in [1.29, 1.82) is 0 Å². The lowest BCUT2D eigenvalue weighted by Gasteiger charge is -2.31. The molecule has 0 unspecified atom stereocenters. The molecule has 4 rings (SSSR count). The first-order valence-electron chi connectivity index (χ1n) is 13.5. The van der Waals surface area contributed by atoms with Crippen molar-refractivity contribution in [1.82, 2.24) is 4.90 Å². The van der Waals surface area contributed by atoms with E-state index in [4.69, 9.17) is 30.5 Å². The molecule has 3 aromatic rings. The van der Waals surface area contributed by atoms with Gasteiger partial charge in [-0.15, -0.1) is 11.3 Å². The molecule has 0 spiro atoms. The lowest BCUT2D eigenvalue weighted by atomic mass is 9.98. The van der Waals surface area contributed by atoms with Gasteiger partial charge in [0.25, 0.3) is 5.69 Å². The number of hydrogen-bond acceptors (Lipinski definition) is 10. The highest BCUT2D eigenvalue weighted by Gasteiger charge is 2.27. The monoisotopic (exact) mass is 709 g/mol. The van der Waals surface area contributed by atoms with Crippen LogP contribution in [0.3, 0.4) is 0 Å². The average molecular weight is 711 g/mol. The van der Waals surface area contributed by atoms with E-state index in [1.54, 1.807) is 11.8 Å². The summed E-state index contributed by atoms with van der Waals surface area (Å²) in [5, 5.41) is 14.2. The van der Waals surface area contributed by atoms with Crippen molar-refractivity contribution in [2.75, 3.05) is 45.3 Å². The van der Waals surface area contributed by atoms with Gasteiger partial charge in [0.05, 0.1) is 34.6 Å². The second kappa shape index (κ2) is 15.2. The maximum absolute atomic E-state index is 12.8. The van der Waals surface area contributed by atoms with Gasteiger partial charge in [0.15, 0.2) is 17.2 Å². The lowest BCUT2D eigenvalue weighted by molar-refractivity contribution is -0.383. The van der Waals surface area contributed by atoms with E-state index < -0.39 is 22.9 Å². The number of piperidine rings is 1. The lowest BCUT2D eigenvalue weighted by Crippen LogP contribution is -2.42. The van der Waals surface area contributed by atoms with Crippen molar-refractivity contribution in [3.05, 3.63) is 67.0 Å². The number of esters is 2. The SMILES string of the molecule is CCOC(=O)COc1c(C(=O)OC)sc(-c2cccc(OCC3CCN(C(=O)Nc4cc(Cl)ccc4[N+](=O)[O-])CC3)c2)c1Br. The molecule has 2 aromatic carbocycles. The predicted molar refractivity (Wildman–Crippen MR) is 168 cm³/mol. The van der Waals surface area contributed by atoms with Gasteiger partial charge in [0.2, 0.25) is 0 Å². The molecule has 0 atom stereocenters. The number of benzene rings is 2. The summed E-state index contributed by atoms with van der Waals surface area (Å²) in [6.07, 6.45) is 1.37. The molecular formula is C29H29BrClN3O9S. The van der Waals surface area contributed by atoms with Crippen LogP contribution in [0.2, 0.25) is 5.02 Å². The topological polar surface area (TPSA) is 147 Å². The van der Waals surface area contributed by atoms with E-state index in [0.29, 0.717) is 47.6 Å². The van der Waals surface area contributed by atoms with E-state index in [2.05, 4.69) is 21.2 Å². The van der Waals surface area contributed by atoms with Crippen LogP contribution < -0.4 is 14.8 Å². The number of carbonyl (C=O) groups excluding carboxylic acids is 3. The van der Waals surface area contributed by atoms with Gasteiger partial charge < -0.3 is 29.2 Å². The van der Waals surface area contributed by atoms with E-state index in [1.165, 1.54) is 25.3 Å². The van der Waals surface area contributed by atoms with E-state index in [1.807, 2.05) is 24.3 Å². The van der Waals surface area contributed by atoms with Gasteiger partial charge >= 0.3 is 18.0 Å². The number of urea groups is 1. The van der Waals surface area contributed by atoms with Crippen LogP contribution in [0.1, 0.15) is 29.4 Å². The first kappa shape index (κ1) is 33.0. The Labute approximate surface area is 270 Å². The van der Waals surface area contributed by atoms with E-state index in [9.17, 15) is 24.5 Å². The molecule has 1 saturated heterocycles. The summed E-state index contributed by atoms with van der Waals surface area (Å²) in [7, 11) is 1.27. The maximum Gasteiger partial charge on any atom is 0.351 e. The fourth-order valence-corrected chi connectivity index (χ4v) is 6.62. The Bertz CT molecular complexity index is 1540. The van der Waals surface area contributed by atoms with Crippen molar-refractivity contribution in [2.24, 2.45) is 5.92 Å². The summed E-state index contributed by atoms with van der Waals surface area (Å²) in [6, 6.07) is 10.9. The number of nitrogens with zero attached hydrogens (tertiary/aromatic N) is 2. The quantitative estimate of drug-likeness (QED) is 0.129. The largest absolute Gasteiger partial charge is 0.493 e. The highest BCUT2D eigenvalue weighted by atomic mass is 79.9. The van der Waals surface area contributed by atoms with Gasteiger partial charge in [-0.05, 0) is 71.4 Å². The van der Waals surface area contributed by atoms with Gasteiger partial charge in [0, 0.05) is 24.2 Å². The van der Waals surface area contributed by atoms with Crippen molar-refractivity contribution >= 4 is 68.2 Å². The van der Waals surface area contributed by atoms with Crippen LogP contribution in [0.4, 0.5) is 16.2 Å². The Morgan fingerprint density at radius 1 is 1.16 bits per heavy atom. The highest BCUT2D eigenvalue weighted by molar-refractivity contribution is 9.10. The number of anilines is 1. The third-order valence-electron chi connectivity index (χ3n) is 6.70. The van der Waals surface area contributed by atoms with Crippen LogP contribution in [0, 0.1) is 16.0 Å².